The van der Waals surface area contributed by atoms with Crippen LogP contribution in [0.25, 0.3) is 0 Å². The molecule has 1 aliphatic rings. The highest BCUT2D eigenvalue weighted by Gasteiger charge is 2.51. The van der Waals surface area contributed by atoms with Crippen LogP contribution in [-0.2, 0) is 32.7 Å². The third kappa shape index (κ3) is 27.1. The van der Waals surface area contributed by atoms with E-state index in [1.54, 1.807) is 0 Å². The van der Waals surface area contributed by atoms with E-state index < -0.39 is 75.7 Å². The lowest BCUT2D eigenvalue weighted by Crippen LogP contribution is -2.64. The predicted octanol–water partition coefficient (Wildman–Crippen LogP) is 8.28. The van der Waals surface area contributed by atoms with Gasteiger partial charge in [0.25, 0.3) is 0 Å². The Morgan fingerprint density at radius 1 is 0.526 bits per heavy atom. The van der Waals surface area contributed by atoms with Gasteiger partial charge in [-0.05, 0) is 38.5 Å². The fourth-order valence-electron chi connectivity index (χ4n) is 6.93. The molecule has 14 heteroatoms. The van der Waals surface area contributed by atoms with Crippen molar-refractivity contribution in [3.05, 3.63) is 12.2 Å². The number of carbonyl (C=O) groups excluding carboxylic acids is 2. The maximum Gasteiger partial charge on any atom is 0.472 e. The van der Waals surface area contributed by atoms with Crippen molar-refractivity contribution in [2.24, 2.45) is 0 Å². The molecule has 6 atom stereocenters. The molecule has 0 aromatic heterocycles. The lowest BCUT2D eigenvalue weighted by molar-refractivity contribution is -0.220. The van der Waals surface area contributed by atoms with Gasteiger partial charge in [-0.15, -0.1) is 0 Å². The quantitative estimate of drug-likeness (QED) is 0.0151. The summed E-state index contributed by atoms with van der Waals surface area (Å²) in [4.78, 5) is 35.6. The zero-order valence-electron chi connectivity index (χ0n) is 35.4. The van der Waals surface area contributed by atoms with Gasteiger partial charge in [0, 0.05) is 12.8 Å². The molecular weight excluding hydrogens is 755 g/mol. The average Bonchev–Trinajstić information content (AvgIpc) is 3.19. The molecule has 0 heterocycles. The summed E-state index contributed by atoms with van der Waals surface area (Å²) in [6, 6.07) is 0. The van der Waals surface area contributed by atoms with Gasteiger partial charge in [-0.25, -0.2) is 4.57 Å². The van der Waals surface area contributed by atoms with Crippen molar-refractivity contribution in [2.75, 3.05) is 13.2 Å². The van der Waals surface area contributed by atoms with Crippen LogP contribution in [0.15, 0.2) is 12.2 Å². The molecule has 1 rings (SSSR count). The van der Waals surface area contributed by atoms with E-state index in [2.05, 4.69) is 26.0 Å². The topological polar surface area (TPSA) is 210 Å². The molecule has 1 saturated carbocycles. The van der Waals surface area contributed by atoms with E-state index in [-0.39, 0.29) is 12.8 Å². The molecule has 1 aliphatic carbocycles. The van der Waals surface area contributed by atoms with E-state index in [1.165, 1.54) is 96.3 Å². The van der Waals surface area contributed by atoms with Crippen LogP contribution in [-0.4, -0.2) is 98.3 Å². The highest BCUT2D eigenvalue weighted by molar-refractivity contribution is 7.47. The van der Waals surface area contributed by atoms with Crippen LogP contribution in [0.3, 0.4) is 0 Å². The maximum absolute atomic E-state index is 12.8. The van der Waals surface area contributed by atoms with E-state index in [9.17, 15) is 44.6 Å². The van der Waals surface area contributed by atoms with Crippen molar-refractivity contribution < 1.29 is 63.1 Å². The number of esters is 2. The maximum atomic E-state index is 12.8. The Hall–Kier alpha value is -1.41. The first-order valence-electron chi connectivity index (χ1n) is 22.5. The van der Waals surface area contributed by atoms with Crippen LogP contribution in [0.5, 0.6) is 0 Å². The molecule has 6 N–H and O–H groups in total. The summed E-state index contributed by atoms with van der Waals surface area (Å²) in [7, 11) is -5.11. The first-order valence-corrected chi connectivity index (χ1v) is 24.0. The Morgan fingerprint density at radius 2 is 0.895 bits per heavy atom. The number of aliphatic hydroxyl groups excluding tert-OH is 5. The molecule has 0 amide bonds. The molecular formula is C43H81O13P. The largest absolute Gasteiger partial charge is 0.472 e. The SMILES string of the molecule is CCCCCCC/C=C\CCCCCCCC(=O)OC(COC(=O)CCCCCCCCCCCCCCCC)COP(=O)(O)OC1C(O)C(O)C(O)C(O)C1O. The zero-order chi connectivity index (χ0) is 42.2. The van der Waals surface area contributed by atoms with Crippen LogP contribution in [0.4, 0.5) is 0 Å². The Bertz CT molecular complexity index is 1060. The smallest absolute Gasteiger partial charge is 0.462 e. The van der Waals surface area contributed by atoms with Crippen LogP contribution >= 0.6 is 7.82 Å². The van der Waals surface area contributed by atoms with Gasteiger partial charge >= 0.3 is 19.8 Å². The second-order valence-corrected chi connectivity index (χ2v) is 17.3. The number of phosphoric ester groups is 1. The van der Waals surface area contributed by atoms with Crippen molar-refractivity contribution >= 4 is 19.8 Å². The fraction of sp³-hybridized carbons (Fsp3) is 0.907. The van der Waals surface area contributed by atoms with Crippen molar-refractivity contribution in [1.82, 2.24) is 0 Å². The summed E-state index contributed by atoms with van der Waals surface area (Å²) in [6.07, 6.45) is 21.2. The molecule has 1 fully saturated rings. The minimum Gasteiger partial charge on any atom is -0.462 e. The van der Waals surface area contributed by atoms with E-state index in [0.29, 0.717) is 12.8 Å². The number of ether oxygens (including phenoxy) is 2. The molecule has 336 valence electrons. The third-order valence-electron chi connectivity index (χ3n) is 10.6. The van der Waals surface area contributed by atoms with Gasteiger partial charge in [-0.2, -0.15) is 0 Å². The number of aliphatic hydroxyl groups is 5. The second kappa shape index (κ2) is 34.3. The standard InChI is InChI=1S/C43H81O13P/c1-3-5-7-9-11-13-15-17-19-21-23-25-27-29-31-36(44)53-33-35(34-54-57(51,52)56-43-41(49)39(47)38(46)40(48)42(43)50)55-37(45)32-30-28-26-24-22-20-18-16-14-12-10-8-6-4-2/h16,18,35,38-43,46-50H,3-15,17,19-34H2,1-2H3,(H,51,52)/b18-16-. The van der Waals surface area contributed by atoms with E-state index in [4.69, 9.17) is 18.5 Å². The second-order valence-electron chi connectivity index (χ2n) is 15.9. The Balaban J connectivity index is 2.48. The first-order chi connectivity index (χ1) is 27.4. The van der Waals surface area contributed by atoms with Gasteiger partial charge in [0.15, 0.2) is 6.10 Å². The van der Waals surface area contributed by atoms with Crippen molar-refractivity contribution in [3.8, 4) is 0 Å². The summed E-state index contributed by atoms with van der Waals surface area (Å²) in [5.74, 6) is -1.10. The van der Waals surface area contributed by atoms with Crippen molar-refractivity contribution in [3.63, 3.8) is 0 Å². The van der Waals surface area contributed by atoms with Gasteiger partial charge in [0.1, 0.15) is 43.2 Å². The number of phosphoric acid groups is 1. The number of hydrogen-bond acceptors (Lipinski definition) is 12. The number of rotatable bonds is 37. The van der Waals surface area contributed by atoms with Gasteiger partial charge in [-0.1, -0.05) is 154 Å². The normalized spacial score (nSPS) is 22.7. The summed E-state index contributed by atoms with van der Waals surface area (Å²) in [5.41, 5.74) is 0. The van der Waals surface area contributed by atoms with Crippen LogP contribution < -0.4 is 0 Å². The summed E-state index contributed by atoms with van der Waals surface area (Å²) in [6.45, 7) is 3.28. The summed E-state index contributed by atoms with van der Waals surface area (Å²) < 4.78 is 33.5. The minimum absolute atomic E-state index is 0.0906. The summed E-state index contributed by atoms with van der Waals surface area (Å²) >= 11 is 0. The van der Waals surface area contributed by atoms with Crippen molar-refractivity contribution in [2.45, 2.75) is 236 Å². The highest BCUT2D eigenvalue weighted by atomic mass is 31.2. The molecule has 0 saturated heterocycles. The average molecular weight is 837 g/mol. The van der Waals surface area contributed by atoms with Crippen LogP contribution in [0.2, 0.25) is 0 Å². The highest BCUT2D eigenvalue weighted by Crippen LogP contribution is 2.47. The van der Waals surface area contributed by atoms with Crippen LogP contribution in [0.1, 0.15) is 194 Å². The Morgan fingerprint density at radius 3 is 1.33 bits per heavy atom. The monoisotopic (exact) mass is 837 g/mol. The molecule has 0 radical (unpaired) electrons. The number of allylic oxidation sites excluding steroid dienone is 2. The molecule has 0 spiro atoms. The third-order valence-corrected chi connectivity index (χ3v) is 11.6. The molecule has 0 bridgehead atoms. The molecule has 13 nitrogen and oxygen atoms in total. The fourth-order valence-corrected chi connectivity index (χ4v) is 7.90. The molecule has 0 aliphatic heterocycles. The Labute approximate surface area is 343 Å². The zero-order valence-corrected chi connectivity index (χ0v) is 36.3. The number of hydrogen-bond donors (Lipinski definition) is 6. The van der Waals surface area contributed by atoms with Gasteiger partial charge in [0.2, 0.25) is 0 Å². The first kappa shape index (κ1) is 53.6. The molecule has 57 heavy (non-hydrogen) atoms. The molecule has 6 unspecified atom stereocenters. The van der Waals surface area contributed by atoms with Gasteiger partial charge in [0.05, 0.1) is 6.61 Å². The number of unbranched alkanes of at least 4 members (excludes halogenated alkanes) is 23. The number of carbonyl (C=O) groups is 2. The Kier molecular flexibility index (Phi) is 32.3. The predicted molar refractivity (Wildman–Crippen MR) is 221 cm³/mol. The molecule has 0 aromatic rings. The van der Waals surface area contributed by atoms with E-state index >= 15 is 0 Å². The lowest BCUT2D eigenvalue weighted by atomic mass is 9.85. The lowest BCUT2D eigenvalue weighted by Gasteiger charge is -2.41. The van der Waals surface area contributed by atoms with E-state index in [1.807, 2.05) is 0 Å². The van der Waals surface area contributed by atoms with Gasteiger partial charge < -0.3 is 39.9 Å². The van der Waals surface area contributed by atoms with Gasteiger partial charge in [-0.3, -0.25) is 18.6 Å². The minimum atomic E-state index is -5.11. The summed E-state index contributed by atoms with van der Waals surface area (Å²) in [5, 5.41) is 50.1. The van der Waals surface area contributed by atoms with Crippen molar-refractivity contribution in [1.29, 1.82) is 0 Å². The van der Waals surface area contributed by atoms with Crippen LogP contribution in [0, 0.1) is 0 Å². The molecule has 0 aromatic carbocycles. The van der Waals surface area contributed by atoms with E-state index in [0.717, 1.165) is 57.8 Å².